The Morgan fingerprint density at radius 3 is 2.41 bits per heavy atom. The molecule has 1 aliphatic rings. The summed E-state index contributed by atoms with van der Waals surface area (Å²) >= 11 is 4.92. The molecule has 1 saturated carbocycles. The zero-order chi connectivity index (χ0) is 13.1. The molecule has 5 nitrogen and oxygen atoms in total. The van der Waals surface area contributed by atoms with E-state index >= 15 is 0 Å². The highest BCUT2D eigenvalue weighted by atomic mass is 32.2. The van der Waals surface area contributed by atoms with Gasteiger partial charge >= 0.3 is 0 Å². The summed E-state index contributed by atoms with van der Waals surface area (Å²) in [6.45, 7) is 0.344. The summed E-state index contributed by atoms with van der Waals surface area (Å²) in [4.78, 5) is 12.1. The monoisotopic (exact) mass is 278 g/mol. The zero-order valence-corrected chi connectivity index (χ0v) is 11.5. The van der Waals surface area contributed by atoms with Crippen LogP contribution in [0.15, 0.2) is 0 Å². The molecule has 98 valence electrons. The van der Waals surface area contributed by atoms with Crippen LogP contribution in [0.25, 0.3) is 0 Å². The van der Waals surface area contributed by atoms with Crippen LogP contribution in [-0.2, 0) is 14.6 Å². The van der Waals surface area contributed by atoms with Crippen molar-refractivity contribution in [2.24, 2.45) is 11.1 Å². The number of hydrogen-bond donors (Lipinski definition) is 2. The van der Waals surface area contributed by atoms with Crippen LogP contribution < -0.4 is 11.1 Å². The minimum absolute atomic E-state index is 0.0767. The summed E-state index contributed by atoms with van der Waals surface area (Å²) in [6.07, 6.45) is 3.93. The largest absolute Gasteiger partial charge is 0.392 e. The van der Waals surface area contributed by atoms with Gasteiger partial charge in [0, 0.05) is 12.8 Å². The van der Waals surface area contributed by atoms with Crippen LogP contribution >= 0.6 is 12.2 Å². The molecule has 0 aromatic rings. The van der Waals surface area contributed by atoms with Crippen LogP contribution in [0.5, 0.6) is 0 Å². The Balaban J connectivity index is 2.37. The minimum Gasteiger partial charge on any atom is -0.392 e. The molecule has 1 amide bonds. The van der Waals surface area contributed by atoms with Crippen molar-refractivity contribution in [3.63, 3.8) is 0 Å². The lowest BCUT2D eigenvalue weighted by Gasteiger charge is -2.39. The van der Waals surface area contributed by atoms with Gasteiger partial charge in [-0.1, -0.05) is 18.6 Å². The highest BCUT2D eigenvalue weighted by Crippen LogP contribution is 2.41. The van der Waals surface area contributed by atoms with Gasteiger partial charge in [0.1, 0.15) is 9.84 Å². The molecular formula is C10H18N2O3S2. The first-order chi connectivity index (χ1) is 7.78. The molecule has 1 fully saturated rings. The molecule has 0 aromatic heterocycles. The molecule has 0 spiro atoms. The molecule has 0 aromatic carbocycles. The Morgan fingerprint density at radius 1 is 1.47 bits per heavy atom. The second kappa shape index (κ2) is 5.30. The lowest BCUT2D eigenvalue weighted by atomic mass is 9.68. The van der Waals surface area contributed by atoms with E-state index in [1.807, 2.05) is 0 Å². The molecule has 0 heterocycles. The van der Waals surface area contributed by atoms with Crippen molar-refractivity contribution in [1.82, 2.24) is 5.32 Å². The van der Waals surface area contributed by atoms with Crippen LogP contribution in [-0.4, -0.2) is 37.9 Å². The van der Waals surface area contributed by atoms with Crippen molar-refractivity contribution in [2.75, 3.05) is 18.6 Å². The van der Waals surface area contributed by atoms with E-state index in [0.29, 0.717) is 25.8 Å². The van der Waals surface area contributed by atoms with Crippen LogP contribution in [0.2, 0.25) is 0 Å². The standard InChI is InChI=1S/C10H18N2O3S2/c1-17(14,15)7-3-6-12-9(13)10(8(11)16)4-2-5-10/h2-7H2,1H3,(H2,11,16)(H,12,13). The Bertz CT molecular complexity index is 413. The van der Waals surface area contributed by atoms with Crippen molar-refractivity contribution < 1.29 is 13.2 Å². The number of amides is 1. The fourth-order valence-corrected chi connectivity index (χ4v) is 2.79. The van der Waals surface area contributed by atoms with E-state index in [2.05, 4.69) is 5.32 Å². The second-order valence-electron chi connectivity index (χ2n) is 4.54. The molecule has 1 aliphatic carbocycles. The molecule has 0 saturated heterocycles. The van der Waals surface area contributed by atoms with Gasteiger partial charge in [-0.2, -0.15) is 0 Å². The first-order valence-electron chi connectivity index (χ1n) is 5.54. The number of hydrogen-bond acceptors (Lipinski definition) is 4. The predicted molar refractivity (Wildman–Crippen MR) is 70.4 cm³/mol. The van der Waals surface area contributed by atoms with Crippen molar-refractivity contribution in [2.45, 2.75) is 25.7 Å². The molecule has 0 bridgehead atoms. The minimum atomic E-state index is -2.97. The van der Waals surface area contributed by atoms with E-state index in [0.717, 1.165) is 6.42 Å². The zero-order valence-electron chi connectivity index (χ0n) is 9.86. The molecule has 0 radical (unpaired) electrons. The maximum atomic E-state index is 11.9. The maximum Gasteiger partial charge on any atom is 0.233 e. The number of nitrogens with two attached hydrogens (primary N) is 1. The lowest BCUT2D eigenvalue weighted by molar-refractivity contribution is -0.130. The highest BCUT2D eigenvalue weighted by Gasteiger charge is 2.46. The molecular weight excluding hydrogens is 260 g/mol. The summed E-state index contributed by atoms with van der Waals surface area (Å²) in [5.41, 5.74) is 4.90. The normalized spacial score (nSPS) is 18.2. The van der Waals surface area contributed by atoms with E-state index in [4.69, 9.17) is 18.0 Å². The van der Waals surface area contributed by atoms with Gasteiger partial charge in [-0.3, -0.25) is 4.79 Å². The van der Waals surface area contributed by atoms with Gasteiger partial charge in [-0.15, -0.1) is 0 Å². The lowest BCUT2D eigenvalue weighted by Crippen LogP contribution is -2.53. The summed E-state index contributed by atoms with van der Waals surface area (Å²) in [7, 11) is -2.97. The number of thiocarbonyl (C=S) groups is 1. The topological polar surface area (TPSA) is 89.3 Å². The maximum absolute atomic E-state index is 11.9. The second-order valence-corrected chi connectivity index (χ2v) is 7.24. The number of sulfone groups is 1. The molecule has 0 unspecified atom stereocenters. The van der Waals surface area contributed by atoms with Gasteiger partial charge in [-0.25, -0.2) is 8.42 Å². The fourth-order valence-electron chi connectivity index (χ4n) is 1.82. The van der Waals surface area contributed by atoms with E-state index in [1.54, 1.807) is 0 Å². The average molecular weight is 278 g/mol. The quantitative estimate of drug-likeness (QED) is 0.527. The summed E-state index contributed by atoms with van der Waals surface area (Å²) in [5.74, 6) is -0.0855. The van der Waals surface area contributed by atoms with Crippen LogP contribution in [0.4, 0.5) is 0 Å². The van der Waals surface area contributed by atoms with E-state index < -0.39 is 15.3 Å². The Hall–Kier alpha value is -0.690. The van der Waals surface area contributed by atoms with Gasteiger partial charge < -0.3 is 11.1 Å². The van der Waals surface area contributed by atoms with Gasteiger partial charge in [-0.05, 0) is 19.3 Å². The molecule has 1 rings (SSSR count). The van der Waals surface area contributed by atoms with Crippen molar-refractivity contribution in [3.8, 4) is 0 Å². The van der Waals surface area contributed by atoms with Crippen LogP contribution in [0, 0.1) is 5.41 Å². The van der Waals surface area contributed by atoms with Gasteiger partial charge in [0.25, 0.3) is 0 Å². The first-order valence-corrected chi connectivity index (χ1v) is 8.01. The van der Waals surface area contributed by atoms with Gasteiger partial charge in [0.05, 0.1) is 16.2 Å². The van der Waals surface area contributed by atoms with E-state index in [9.17, 15) is 13.2 Å². The van der Waals surface area contributed by atoms with Crippen LogP contribution in [0.1, 0.15) is 25.7 Å². The Morgan fingerprint density at radius 2 is 2.06 bits per heavy atom. The molecule has 7 heteroatoms. The fraction of sp³-hybridized carbons (Fsp3) is 0.800. The van der Waals surface area contributed by atoms with E-state index in [1.165, 1.54) is 6.26 Å². The Labute approximate surface area is 107 Å². The highest BCUT2D eigenvalue weighted by molar-refractivity contribution is 7.90. The molecule has 3 N–H and O–H groups in total. The van der Waals surface area contributed by atoms with Crippen molar-refractivity contribution in [3.05, 3.63) is 0 Å². The van der Waals surface area contributed by atoms with Gasteiger partial charge in [0.2, 0.25) is 5.91 Å². The summed E-state index contributed by atoms with van der Waals surface area (Å²) in [6, 6.07) is 0. The average Bonchev–Trinajstić information content (AvgIpc) is 2.08. The van der Waals surface area contributed by atoms with E-state index in [-0.39, 0.29) is 16.6 Å². The summed E-state index contributed by atoms with van der Waals surface area (Å²) < 4.78 is 21.8. The number of nitrogens with one attached hydrogen (secondary N) is 1. The smallest absolute Gasteiger partial charge is 0.233 e. The predicted octanol–water partition coefficient (Wildman–Crippen LogP) is -0.00630. The number of carbonyl (C=O) groups is 1. The molecule has 17 heavy (non-hydrogen) atoms. The third-order valence-electron chi connectivity index (χ3n) is 3.09. The summed E-state index contributed by atoms with van der Waals surface area (Å²) in [5, 5.41) is 2.71. The first kappa shape index (κ1) is 14.4. The van der Waals surface area contributed by atoms with Crippen molar-refractivity contribution in [1.29, 1.82) is 0 Å². The molecule has 0 atom stereocenters. The van der Waals surface area contributed by atoms with Crippen molar-refractivity contribution >= 4 is 33.0 Å². The molecule has 0 aliphatic heterocycles. The third kappa shape index (κ3) is 3.64. The third-order valence-corrected chi connectivity index (χ3v) is 4.51. The Kier molecular flexibility index (Phi) is 4.48. The number of rotatable bonds is 6. The number of carbonyl (C=O) groups excluding carboxylic acids is 1. The van der Waals surface area contributed by atoms with Gasteiger partial charge in [0.15, 0.2) is 0 Å². The SMILES string of the molecule is CS(=O)(=O)CCCNC(=O)C1(C(N)=S)CCC1. The van der Waals surface area contributed by atoms with Crippen LogP contribution in [0.3, 0.4) is 0 Å².